The fourth-order valence-corrected chi connectivity index (χ4v) is 3.84. The number of carbonyl (C=O) groups is 1. The van der Waals surface area contributed by atoms with Gasteiger partial charge >= 0.3 is 0 Å². The van der Waals surface area contributed by atoms with Crippen LogP contribution in [0.5, 0.6) is 0 Å². The molecule has 1 aliphatic carbocycles. The van der Waals surface area contributed by atoms with E-state index in [4.69, 9.17) is 17.3 Å². The zero-order valence-electron chi connectivity index (χ0n) is 12.4. The number of hydrogen-bond acceptors (Lipinski definition) is 3. The van der Waals surface area contributed by atoms with Crippen molar-refractivity contribution >= 4 is 23.2 Å². The maximum atomic E-state index is 13.4. The molecule has 2 aliphatic rings. The van der Waals surface area contributed by atoms with Crippen LogP contribution in [0.15, 0.2) is 18.2 Å². The molecule has 6 heteroatoms. The molecule has 4 nitrogen and oxygen atoms in total. The summed E-state index contributed by atoms with van der Waals surface area (Å²) in [5.41, 5.74) is 6.41. The van der Waals surface area contributed by atoms with E-state index >= 15 is 0 Å². The minimum atomic E-state index is -0.480. The minimum absolute atomic E-state index is 0.0607. The van der Waals surface area contributed by atoms with Gasteiger partial charge in [0.1, 0.15) is 11.5 Å². The van der Waals surface area contributed by atoms with Crippen molar-refractivity contribution < 1.29 is 9.18 Å². The number of anilines is 1. The van der Waals surface area contributed by atoms with Gasteiger partial charge in [-0.2, -0.15) is 0 Å². The first kappa shape index (κ1) is 15.6. The van der Waals surface area contributed by atoms with Crippen molar-refractivity contribution in [1.29, 1.82) is 0 Å². The van der Waals surface area contributed by atoms with Crippen LogP contribution in [0.4, 0.5) is 10.1 Å². The standard InChI is InChI=1S/C16H21ClFN3O/c17-13-9-12(5-6-14(13)18)20-16(7-1-3-11(19)10-16)21-8-2-4-15(21)22/h5-6,9,11,20H,1-4,7-8,10,19H2. The smallest absolute Gasteiger partial charge is 0.224 e. The fourth-order valence-electron chi connectivity index (χ4n) is 3.66. The summed E-state index contributed by atoms with van der Waals surface area (Å²) < 4.78 is 13.4. The van der Waals surface area contributed by atoms with Crippen molar-refractivity contribution in [2.24, 2.45) is 5.73 Å². The maximum absolute atomic E-state index is 13.4. The molecule has 120 valence electrons. The molecule has 0 aromatic heterocycles. The van der Waals surface area contributed by atoms with Crippen LogP contribution in [-0.2, 0) is 4.79 Å². The number of benzene rings is 1. The zero-order valence-corrected chi connectivity index (χ0v) is 13.2. The van der Waals surface area contributed by atoms with Crippen LogP contribution in [0, 0.1) is 5.82 Å². The first-order valence-corrected chi connectivity index (χ1v) is 8.17. The molecule has 3 rings (SSSR count). The molecular formula is C16H21ClFN3O. The lowest BCUT2D eigenvalue weighted by molar-refractivity contribution is -0.133. The third-order valence-electron chi connectivity index (χ3n) is 4.65. The first-order chi connectivity index (χ1) is 10.5. The van der Waals surface area contributed by atoms with Crippen molar-refractivity contribution in [3.05, 3.63) is 29.0 Å². The van der Waals surface area contributed by atoms with E-state index in [0.717, 1.165) is 37.9 Å². The van der Waals surface area contributed by atoms with Crippen molar-refractivity contribution in [3.8, 4) is 0 Å². The fraction of sp³-hybridized carbons (Fsp3) is 0.562. The van der Waals surface area contributed by atoms with Gasteiger partial charge in [-0.15, -0.1) is 0 Å². The summed E-state index contributed by atoms with van der Waals surface area (Å²) in [6.07, 6.45) is 4.95. The Morgan fingerprint density at radius 1 is 1.41 bits per heavy atom. The molecule has 2 atom stereocenters. The van der Waals surface area contributed by atoms with E-state index in [1.807, 2.05) is 4.90 Å². The first-order valence-electron chi connectivity index (χ1n) is 7.79. The number of nitrogens with one attached hydrogen (secondary N) is 1. The van der Waals surface area contributed by atoms with Crippen LogP contribution in [0.25, 0.3) is 0 Å². The quantitative estimate of drug-likeness (QED) is 0.897. The van der Waals surface area contributed by atoms with Gasteiger partial charge in [0.15, 0.2) is 0 Å². The van der Waals surface area contributed by atoms with Crippen molar-refractivity contribution in [2.75, 3.05) is 11.9 Å². The molecular weight excluding hydrogens is 305 g/mol. The van der Waals surface area contributed by atoms with Crippen LogP contribution < -0.4 is 11.1 Å². The number of rotatable bonds is 3. The second kappa shape index (κ2) is 6.05. The number of likely N-dealkylation sites (tertiary alicyclic amines) is 1. The Morgan fingerprint density at radius 3 is 2.86 bits per heavy atom. The normalized spacial score (nSPS) is 29.0. The lowest BCUT2D eigenvalue weighted by Crippen LogP contribution is -2.59. The molecule has 22 heavy (non-hydrogen) atoms. The van der Waals surface area contributed by atoms with E-state index in [-0.39, 0.29) is 17.0 Å². The molecule has 1 aromatic carbocycles. The highest BCUT2D eigenvalue weighted by Gasteiger charge is 2.44. The van der Waals surface area contributed by atoms with Crippen LogP contribution in [0.2, 0.25) is 5.02 Å². The van der Waals surface area contributed by atoms with Gasteiger partial charge in [0.05, 0.1) is 5.02 Å². The summed E-state index contributed by atoms with van der Waals surface area (Å²) >= 11 is 5.87. The summed E-state index contributed by atoms with van der Waals surface area (Å²) in [5.74, 6) is -0.284. The molecule has 0 spiro atoms. The third-order valence-corrected chi connectivity index (χ3v) is 4.94. The van der Waals surface area contributed by atoms with Gasteiger partial charge in [0.25, 0.3) is 0 Å². The van der Waals surface area contributed by atoms with Crippen molar-refractivity contribution in [2.45, 2.75) is 50.2 Å². The van der Waals surface area contributed by atoms with Crippen molar-refractivity contribution in [3.63, 3.8) is 0 Å². The van der Waals surface area contributed by atoms with E-state index in [1.54, 1.807) is 12.1 Å². The summed E-state index contributed by atoms with van der Waals surface area (Å²) in [6, 6.07) is 4.63. The molecule has 2 fully saturated rings. The minimum Gasteiger partial charge on any atom is -0.363 e. The average molecular weight is 326 g/mol. The van der Waals surface area contributed by atoms with Gasteiger partial charge in [-0.3, -0.25) is 4.79 Å². The zero-order chi connectivity index (χ0) is 15.7. The highest BCUT2D eigenvalue weighted by atomic mass is 35.5. The average Bonchev–Trinajstić information content (AvgIpc) is 2.90. The topological polar surface area (TPSA) is 58.4 Å². The van der Waals surface area contributed by atoms with Gasteiger partial charge < -0.3 is 16.0 Å². The van der Waals surface area contributed by atoms with E-state index in [0.29, 0.717) is 12.8 Å². The molecule has 1 aliphatic heterocycles. The van der Waals surface area contributed by atoms with E-state index in [2.05, 4.69) is 5.32 Å². The lowest BCUT2D eigenvalue weighted by atomic mass is 9.84. The van der Waals surface area contributed by atoms with Gasteiger partial charge in [-0.25, -0.2) is 4.39 Å². The van der Waals surface area contributed by atoms with E-state index < -0.39 is 11.5 Å². The number of carbonyl (C=O) groups excluding carboxylic acids is 1. The third kappa shape index (κ3) is 2.92. The van der Waals surface area contributed by atoms with Gasteiger partial charge in [0, 0.05) is 31.1 Å². The summed E-state index contributed by atoms with van der Waals surface area (Å²) in [5, 5.41) is 3.52. The SMILES string of the molecule is NC1CCCC(Nc2ccc(F)c(Cl)c2)(N2CCCC2=O)C1. The molecule has 2 unspecified atom stereocenters. The number of hydrogen-bond donors (Lipinski definition) is 2. The second-order valence-electron chi connectivity index (χ2n) is 6.29. The summed E-state index contributed by atoms with van der Waals surface area (Å²) in [4.78, 5) is 14.2. The Morgan fingerprint density at radius 2 is 2.23 bits per heavy atom. The molecule has 1 heterocycles. The highest BCUT2D eigenvalue weighted by Crippen LogP contribution is 2.37. The van der Waals surface area contributed by atoms with E-state index in [9.17, 15) is 9.18 Å². The lowest BCUT2D eigenvalue weighted by Gasteiger charge is -2.47. The Balaban J connectivity index is 1.91. The predicted octanol–water partition coefficient (Wildman–Crippen LogP) is 3.11. The van der Waals surface area contributed by atoms with Crippen molar-refractivity contribution in [1.82, 2.24) is 4.90 Å². The largest absolute Gasteiger partial charge is 0.363 e. The molecule has 1 saturated carbocycles. The van der Waals surface area contributed by atoms with Crippen LogP contribution >= 0.6 is 11.6 Å². The van der Waals surface area contributed by atoms with E-state index in [1.165, 1.54) is 6.07 Å². The highest BCUT2D eigenvalue weighted by molar-refractivity contribution is 6.31. The second-order valence-corrected chi connectivity index (χ2v) is 6.70. The number of nitrogens with two attached hydrogens (primary N) is 1. The van der Waals surface area contributed by atoms with Crippen LogP contribution in [0.3, 0.4) is 0 Å². The Labute approximate surface area is 134 Å². The molecule has 1 saturated heterocycles. The number of halogens is 2. The monoisotopic (exact) mass is 325 g/mol. The molecule has 1 amide bonds. The summed E-state index contributed by atoms with van der Waals surface area (Å²) in [7, 11) is 0. The van der Waals surface area contributed by atoms with Gasteiger partial charge in [-0.05, 0) is 43.9 Å². The molecule has 1 aromatic rings. The van der Waals surface area contributed by atoms with Crippen LogP contribution in [0.1, 0.15) is 38.5 Å². The molecule has 3 N–H and O–H groups in total. The Hall–Kier alpha value is -1.33. The number of amides is 1. The van der Waals surface area contributed by atoms with Gasteiger partial charge in [0.2, 0.25) is 5.91 Å². The Bertz CT molecular complexity index is 583. The maximum Gasteiger partial charge on any atom is 0.224 e. The van der Waals surface area contributed by atoms with Gasteiger partial charge in [-0.1, -0.05) is 11.6 Å². The molecule has 0 bridgehead atoms. The predicted molar refractivity (Wildman–Crippen MR) is 85.2 cm³/mol. The molecule has 0 radical (unpaired) electrons. The summed E-state index contributed by atoms with van der Waals surface area (Å²) in [6.45, 7) is 0.744. The Kier molecular flexibility index (Phi) is 4.28. The number of nitrogens with zero attached hydrogens (tertiary/aromatic N) is 1. The van der Waals surface area contributed by atoms with Crippen LogP contribution in [-0.4, -0.2) is 29.1 Å².